The quantitative estimate of drug-likeness (QED) is 0.560. The maximum Gasteiger partial charge on any atom is 0.153 e. The van der Waals surface area contributed by atoms with Crippen LogP contribution in [-0.2, 0) is 0 Å². The Morgan fingerprint density at radius 3 is 2.71 bits per heavy atom. The average molecular weight is 217 g/mol. The van der Waals surface area contributed by atoms with E-state index in [2.05, 4.69) is 15.9 Å². The Hall–Kier alpha value is -1.19. The fraction of sp³-hybridized carbons (Fsp3) is 0. The molecule has 2 aromatic heterocycles. The van der Waals surface area contributed by atoms with Crippen molar-refractivity contribution in [3.8, 4) is 0 Å². The highest BCUT2D eigenvalue weighted by Gasteiger charge is 1.90. The Morgan fingerprint density at radius 2 is 2.07 bits per heavy atom. The van der Waals surface area contributed by atoms with Gasteiger partial charge in [0.15, 0.2) is 5.51 Å². The summed E-state index contributed by atoms with van der Waals surface area (Å²) < 4.78 is 1.21. The SMILES string of the molecule is [c]1cccs1.[c]1nc2ccccc2s1. The van der Waals surface area contributed by atoms with Crippen LogP contribution in [0.15, 0.2) is 41.8 Å². The van der Waals surface area contributed by atoms with Gasteiger partial charge in [-0.25, -0.2) is 4.98 Å². The molecule has 2 heterocycles. The van der Waals surface area contributed by atoms with Crippen LogP contribution < -0.4 is 0 Å². The lowest BCUT2D eigenvalue weighted by Crippen LogP contribution is -1.61. The molecule has 68 valence electrons. The van der Waals surface area contributed by atoms with E-state index in [0.717, 1.165) is 5.52 Å². The minimum absolute atomic E-state index is 1.04. The van der Waals surface area contributed by atoms with Gasteiger partial charge in [0.1, 0.15) is 0 Å². The molecule has 2 radical (unpaired) electrons. The van der Waals surface area contributed by atoms with Crippen molar-refractivity contribution >= 4 is 32.9 Å². The van der Waals surface area contributed by atoms with Crippen LogP contribution in [-0.4, -0.2) is 4.98 Å². The lowest BCUT2D eigenvalue weighted by atomic mass is 10.3. The first-order valence-corrected chi connectivity index (χ1v) is 5.77. The van der Waals surface area contributed by atoms with E-state index in [0.29, 0.717) is 0 Å². The molecule has 0 aliphatic carbocycles. The number of fused-ring (bicyclic) bond motifs is 1. The highest BCUT2D eigenvalue weighted by Crippen LogP contribution is 2.14. The smallest absolute Gasteiger partial charge is 0.153 e. The van der Waals surface area contributed by atoms with Crippen LogP contribution in [0.3, 0.4) is 0 Å². The zero-order chi connectivity index (χ0) is 9.64. The van der Waals surface area contributed by atoms with Crippen LogP contribution in [0.1, 0.15) is 0 Å². The van der Waals surface area contributed by atoms with Crippen LogP contribution in [0.4, 0.5) is 0 Å². The van der Waals surface area contributed by atoms with Gasteiger partial charge >= 0.3 is 0 Å². The topological polar surface area (TPSA) is 12.9 Å². The van der Waals surface area contributed by atoms with Crippen LogP contribution in [0.2, 0.25) is 0 Å². The van der Waals surface area contributed by atoms with Gasteiger partial charge < -0.3 is 0 Å². The summed E-state index contributed by atoms with van der Waals surface area (Å²) in [7, 11) is 0. The second-order valence-corrected chi connectivity index (χ2v) is 4.07. The monoisotopic (exact) mass is 217 g/mol. The van der Waals surface area contributed by atoms with E-state index < -0.39 is 0 Å². The minimum atomic E-state index is 1.04. The van der Waals surface area contributed by atoms with Gasteiger partial charge in [-0.05, 0) is 23.6 Å². The highest BCUT2D eigenvalue weighted by molar-refractivity contribution is 7.16. The number of thiazole rings is 1. The molecule has 3 rings (SSSR count). The molecule has 0 spiro atoms. The number of rotatable bonds is 0. The number of nitrogens with zero attached hydrogens (tertiary/aromatic N) is 1. The van der Waals surface area contributed by atoms with E-state index in [1.165, 1.54) is 4.70 Å². The fourth-order valence-corrected chi connectivity index (χ4v) is 1.95. The first-order valence-electron chi connectivity index (χ1n) is 4.08. The van der Waals surface area contributed by atoms with E-state index >= 15 is 0 Å². The van der Waals surface area contributed by atoms with Crippen molar-refractivity contribution in [1.29, 1.82) is 0 Å². The standard InChI is InChI=1S/C7H4NS.C4H3S/c1-2-4-7-6(3-1)8-5-9-7;1-2-4-5-3-1/h1-4H;1-3H. The molecule has 3 aromatic rings. The van der Waals surface area contributed by atoms with Gasteiger partial charge in [-0.3, -0.25) is 0 Å². The maximum absolute atomic E-state index is 4.01. The van der Waals surface area contributed by atoms with Crippen LogP contribution in [0.25, 0.3) is 10.2 Å². The van der Waals surface area contributed by atoms with Crippen molar-refractivity contribution in [2.45, 2.75) is 0 Å². The van der Waals surface area contributed by atoms with Crippen molar-refractivity contribution in [2.75, 3.05) is 0 Å². The Kier molecular flexibility index (Phi) is 3.27. The van der Waals surface area contributed by atoms with Gasteiger partial charge in [-0.2, -0.15) is 0 Å². The predicted molar refractivity (Wildman–Crippen MR) is 61.6 cm³/mol. The molecule has 0 fully saturated rings. The van der Waals surface area contributed by atoms with Crippen molar-refractivity contribution in [3.05, 3.63) is 52.7 Å². The third-order valence-corrected chi connectivity index (χ3v) is 2.88. The summed E-state index contributed by atoms with van der Waals surface area (Å²) >= 11 is 3.14. The van der Waals surface area contributed by atoms with Gasteiger partial charge in [-0.1, -0.05) is 18.2 Å². The number of para-hydroxylation sites is 1. The second-order valence-electron chi connectivity index (χ2n) is 2.50. The summed E-state index contributed by atoms with van der Waals surface area (Å²) in [6.07, 6.45) is 0. The summed E-state index contributed by atoms with van der Waals surface area (Å²) in [4.78, 5) is 4.01. The largest absolute Gasteiger partial charge is 0.233 e. The molecule has 0 saturated heterocycles. The van der Waals surface area contributed by atoms with Gasteiger partial charge in [0.2, 0.25) is 0 Å². The molecule has 0 aliphatic rings. The van der Waals surface area contributed by atoms with Crippen molar-refractivity contribution in [1.82, 2.24) is 4.98 Å². The molecule has 0 aliphatic heterocycles. The highest BCUT2D eigenvalue weighted by atomic mass is 32.1. The molecule has 0 atom stereocenters. The lowest BCUT2D eigenvalue weighted by molar-refractivity contribution is 1.48. The molecule has 0 unspecified atom stereocenters. The van der Waals surface area contributed by atoms with Gasteiger partial charge in [0.05, 0.1) is 10.2 Å². The second kappa shape index (κ2) is 4.88. The van der Waals surface area contributed by atoms with Gasteiger partial charge in [0.25, 0.3) is 0 Å². The van der Waals surface area contributed by atoms with Gasteiger partial charge in [-0.15, -0.1) is 22.7 Å². The first-order chi connectivity index (χ1) is 6.97. The van der Waals surface area contributed by atoms with Crippen LogP contribution in [0, 0.1) is 10.9 Å². The van der Waals surface area contributed by atoms with Crippen LogP contribution in [0.5, 0.6) is 0 Å². The van der Waals surface area contributed by atoms with Gasteiger partial charge in [0, 0.05) is 5.38 Å². The van der Waals surface area contributed by atoms with Crippen LogP contribution >= 0.6 is 22.7 Å². The Bertz CT molecular complexity index is 423. The van der Waals surface area contributed by atoms with E-state index in [1.54, 1.807) is 22.7 Å². The molecule has 0 N–H and O–H groups in total. The van der Waals surface area contributed by atoms with Crippen molar-refractivity contribution in [3.63, 3.8) is 0 Å². The number of hydrogen-bond acceptors (Lipinski definition) is 3. The number of benzene rings is 1. The Morgan fingerprint density at radius 1 is 1.14 bits per heavy atom. The zero-order valence-electron chi connectivity index (χ0n) is 7.31. The maximum atomic E-state index is 4.01. The summed E-state index contributed by atoms with van der Waals surface area (Å²) in [6.45, 7) is 0. The third kappa shape index (κ3) is 2.40. The van der Waals surface area contributed by atoms with E-state index in [9.17, 15) is 0 Å². The fourth-order valence-electron chi connectivity index (χ4n) is 0.953. The van der Waals surface area contributed by atoms with Crippen molar-refractivity contribution < 1.29 is 0 Å². The third-order valence-electron chi connectivity index (χ3n) is 1.57. The Balaban J connectivity index is 0.000000128. The summed E-state index contributed by atoms with van der Waals surface area (Å²) in [6, 6.07) is 11.9. The van der Waals surface area contributed by atoms with E-state index in [-0.39, 0.29) is 0 Å². The van der Waals surface area contributed by atoms with E-state index in [1.807, 2.05) is 41.8 Å². The number of aromatic nitrogens is 1. The minimum Gasteiger partial charge on any atom is -0.233 e. The molecular weight excluding hydrogens is 210 g/mol. The molecule has 0 bridgehead atoms. The van der Waals surface area contributed by atoms with E-state index in [4.69, 9.17) is 0 Å². The molecule has 3 heteroatoms. The zero-order valence-corrected chi connectivity index (χ0v) is 8.94. The Labute approximate surface area is 90.7 Å². The molecule has 0 saturated carbocycles. The number of hydrogen-bond donors (Lipinski definition) is 0. The summed E-state index contributed by atoms with van der Waals surface area (Å²) in [5.41, 5.74) is 3.87. The van der Waals surface area contributed by atoms with Crippen molar-refractivity contribution in [2.24, 2.45) is 0 Å². The predicted octanol–water partition coefficient (Wildman–Crippen LogP) is 3.64. The lowest BCUT2D eigenvalue weighted by Gasteiger charge is -1.80. The normalized spacial score (nSPS) is 9.43. The first kappa shape index (κ1) is 9.37. The molecule has 1 aromatic carbocycles. The number of thiophene rings is 1. The molecular formula is C11H7NS2. The summed E-state index contributed by atoms with van der Waals surface area (Å²) in [5.74, 6) is 0. The molecule has 1 nitrogen and oxygen atoms in total. The molecule has 0 amide bonds. The summed E-state index contributed by atoms with van der Waals surface area (Å²) in [5, 5.41) is 4.89. The molecule has 14 heavy (non-hydrogen) atoms. The average Bonchev–Trinajstić information content (AvgIpc) is 2.92.